The second-order valence-electron chi connectivity index (χ2n) is 4.19. The molecular formula is C14H15N3S. The molecule has 2 unspecified atom stereocenters. The molecule has 1 fully saturated rings. The fourth-order valence-corrected chi connectivity index (χ4v) is 2.72. The van der Waals surface area contributed by atoms with Crippen LogP contribution in [0, 0.1) is 0 Å². The molecule has 1 saturated heterocycles. The maximum absolute atomic E-state index is 3.54. The van der Waals surface area contributed by atoms with Gasteiger partial charge in [0.2, 0.25) is 0 Å². The second kappa shape index (κ2) is 5.54. The van der Waals surface area contributed by atoms with E-state index in [0.717, 1.165) is 0 Å². The van der Waals surface area contributed by atoms with Gasteiger partial charge >= 0.3 is 0 Å². The van der Waals surface area contributed by atoms with Gasteiger partial charge in [-0.3, -0.25) is 5.32 Å². The molecule has 2 aromatic rings. The van der Waals surface area contributed by atoms with Gasteiger partial charge in [-0.05, 0) is 11.1 Å². The number of nitrogens with one attached hydrogen (secondary N) is 3. The third kappa shape index (κ3) is 2.57. The Kier molecular flexibility index (Phi) is 3.61. The van der Waals surface area contributed by atoms with Crippen LogP contribution in [0.1, 0.15) is 23.5 Å². The lowest BCUT2D eigenvalue weighted by Crippen LogP contribution is -2.45. The summed E-state index contributed by atoms with van der Waals surface area (Å²) in [4.78, 5) is 0. The Balaban J connectivity index is 1.77. The molecule has 0 aromatic heterocycles. The number of hydrogen-bond donors (Lipinski definition) is 3. The molecule has 0 radical (unpaired) electrons. The molecule has 18 heavy (non-hydrogen) atoms. The van der Waals surface area contributed by atoms with Crippen molar-refractivity contribution in [2.75, 3.05) is 0 Å². The van der Waals surface area contributed by atoms with Crippen LogP contribution in [-0.4, -0.2) is 0 Å². The molecule has 0 spiro atoms. The van der Waals surface area contributed by atoms with Gasteiger partial charge in [-0.15, -0.1) is 0 Å². The third-order valence-corrected chi connectivity index (χ3v) is 3.66. The van der Waals surface area contributed by atoms with Gasteiger partial charge in [0.05, 0.1) is 12.3 Å². The van der Waals surface area contributed by atoms with Gasteiger partial charge in [0, 0.05) is 12.1 Å². The van der Waals surface area contributed by atoms with E-state index in [9.17, 15) is 0 Å². The molecule has 2 aromatic carbocycles. The minimum absolute atomic E-state index is 0.155. The Hall–Kier alpha value is -1.33. The van der Waals surface area contributed by atoms with E-state index in [-0.39, 0.29) is 12.3 Å². The van der Waals surface area contributed by atoms with Gasteiger partial charge in [0.25, 0.3) is 0 Å². The molecule has 0 bridgehead atoms. The average molecular weight is 257 g/mol. The van der Waals surface area contributed by atoms with Gasteiger partial charge in [-0.1, -0.05) is 60.7 Å². The largest absolute Gasteiger partial charge is 0.277 e. The van der Waals surface area contributed by atoms with Crippen LogP contribution < -0.4 is 14.8 Å². The quantitative estimate of drug-likeness (QED) is 0.723. The lowest BCUT2D eigenvalue weighted by molar-refractivity contribution is 0.402. The van der Waals surface area contributed by atoms with Crippen molar-refractivity contribution in [3.8, 4) is 0 Å². The van der Waals surface area contributed by atoms with E-state index in [1.54, 1.807) is 0 Å². The summed E-state index contributed by atoms with van der Waals surface area (Å²) in [6, 6.07) is 20.8. The van der Waals surface area contributed by atoms with Gasteiger partial charge < -0.3 is 0 Å². The first-order chi connectivity index (χ1) is 8.93. The van der Waals surface area contributed by atoms with Crippen LogP contribution in [0.25, 0.3) is 0 Å². The van der Waals surface area contributed by atoms with Gasteiger partial charge in [0.1, 0.15) is 0 Å². The van der Waals surface area contributed by atoms with Crippen LogP contribution in [0.2, 0.25) is 0 Å². The van der Waals surface area contributed by atoms with Crippen molar-refractivity contribution in [2.45, 2.75) is 12.3 Å². The molecule has 1 heterocycles. The summed E-state index contributed by atoms with van der Waals surface area (Å²) in [5.74, 6) is 0. The van der Waals surface area contributed by atoms with Crippen molar-refractivity contribution in [3.05, 3.63) is 71.8 Å². The van der Waals surface area contributed by atoms with E-state index in [1.807, 2.05) is 12.1 Å². The molecule has 1 aliphatic heterocycles. The first-order valence-electron chi connectivity index (χ1n) is 5.96. The van der Waals surface area contributed by atoms with Crippen LogP contribution in [0.15, 0.2) is 60.7 Å². The topological polar surface area (TPSA) is 36.1 Å². The third-order valence-electron chi connectivity index (χ3n) is 2.95. The molecule has 1 aliphatic rings. The molecule has 3 N–H and O–H groups in total. The van der Waals surface area contributed by atoms with Crippen molar-refractivity contribution >= 4 is 12.1 Å². The first-order valence-corrected chi connectivity index (χ1v) is 6.78. The van der Waals surface area contributed by atoms with Gasteiger partial charge in [-0.25, -0.2) is 9.44 Å². The minimum Gasteiger partial charge on any atom is -0.277 e. The predicted molar refractivity (Wildman–Crippen MR) is 75.4 cm³/mol. The SMILES string of the molecule is c1ccc(C2NSNC(c3ccccc3)N2)cc1. The molecule has 0 aliphatic carbocycles. The number of rotatable bonds is 2. The van der Waals surface area contributed by atoms with Crippen LogP contribution >= 0.6 is 12.1 Å². The molecule has 3 rings (SSSR count). The van der Waals surface area contributed by atoms with Crippen LogP contribution in [0.4, 0.5) is 0 Å². The molecule has 0 amide bonds. The molecule has 3 nitrogen and oxygen atoms in total. The van der Waals surface area contributed by atoms with E-state index >= 15 is 0 Å². The fraction of sp³-hybridized carbons (Fsp3) is 0.143. The van der Waals surface area contributed by atoms with Crippen molar-refractivity contribution < 1.29 is 0 Å². The van der Waals surface area contributed by atoms with Crippen LogP contribution in [-0.2, 0) is 0 Å². The van der Waals surface area contributed by atoms with E-state index in [1.165, 1.54) is 23.3 Å². The van der Waals surface area contributed by atoms with Crippen molar-refractivity contribution in [3.63, 3.8) is 0 Å². The van der Waals surface area contributed by atoms with Crippen LogP contribution in [0.3, 0.4) is 0 Å². The summed E-state index contributed by atoms with van der Waals surface area (Å²) in [5.41, 5.74) is 2.49. The summed E-state index contributed by atoms with van der Waals surface area (Å²) in [6.45, 7) is 0. The lowest BCUT2D eigenvalue weighted by Gasteiger charge is -2.32. The monoisotopic (exact) mass is 257 g/mol. The highest BCUT2D eigenvalue weighted by Gasteiger charge is 2.22. The van der Waals surface area contributed by atoms with Crippen LogP contribution in [0.5, 0.6) is 0 Å². The van der Waals surface area contributed by atoms with Crippen molar-refractivity contribution in [1.29, 1.82) is 0 Å². The Bertz CT molecular complexity index is 443. The highest BCUT2D eigenvalue weighted by Crippen LogP contribution is 2.23. The summed E-state index contributed by atoms with van der Waals surface area (Å²) in [7, 11) is 0. The highest BCUT2D eigenvalue weighted by molar-refractivity contribution is 7.95. The number of benzene rings is 2. The fourth-order valence-electron chi connectivity index (χ4n) is 2.01. The first kappa shape index (κ1) is 11.7. The van der Waals surface area contributed by atoms with Gasteiger partial charge in [-0.2, -0.15) is 0 Å². The van der Waals surface area contributed by atoms with E-state index < -0.39 is 0 Å². The Morgan fingerprint density at radius 3 is 1.56 bits per heavy atom. The normalized spacial score (nSPS) is 23.8. The molecular weight excluding hydrogens is 242 g/mol. The molecule has 0 saturated carbocycles. The van der Waals surface area contributed by atoms with E-state index in [4.69, 9.17) is 0 Å². The van der Waals surface area contributed by atoms with E-state index in [0.29, 0.717) is 0 Å². The maximum atomic E-state index is 3.54. The van der Waals surface area contributed by atoms with Gasteiger partial charge in [0.15, 0.2) is 0 Å². The lowest BCUT2D eigenvalue weighted by atomic mass is 10.1. The molecule has 2 atom stereocenters. The molecule has 92 valence electrons. The summed E-state index contributed by atoms with van der Waals surface area (Å²) in [6.07, 6.45) is 0.310. The predicted octanol–water partition coefficient (Wildman–Crippen LogP) is 2.73. The Morgan fingerprint density at radius 1 is 0.667 bits per heavy atom. The standard InChI is InChI=1S/C14H15N3S/c1-3-7-11(8-4-1)13-15-14(17-18-16-13)12-9-5-2-6-10-12/h1-10,13-17H. The summed E-state index contributed by atoms with van der Waals surface area (Å²) < 4.78 is 6.66. The minimum atomic E-state index is 0.155. The highest BCUT2D eigenvalue weighted by atomic mass is 32.2. The zero-order valence-corrected chi connectivity index (χ0v) is 10.7. The maximum Gasteiger partial charge on any atom is 0.0953 e. The van der Waals surface area contributed by atoms with Crippen molar-refractivity contribution in [2.24, 2.45) is 0 Å². The number of hydrogen-bond acceptors (Lipinski definition) is 4. The average Bonchev–Trinajstić information content (AvgIpc) is 2.49. The Morgan fingerprint density at radius 2 is 1.11 bits per heavy atom. The Labute approximate surface area is 111 Å². The zero-order valence-electron chi connectivity index (χ0n) is 9.84. The second-order valence-corrected chi connectivity index (χ2v) is 4.87. The summed E-state index contributed by atoms with van der Waals surface area (Å²) >= 11 is 1.54. The zero-order chi connectivity index (χ0) is 12.2. The molecule has 4 heteroatoms. The smallest absolute Gasteiger partial charge is 0.0953 e. The summed E-state index contributed by atoms with van der Waals surface area (Å²) in [5, 5.41) is 3.54. The van der Waals surface area contributed by atoms with E-state index in [2.05, 4.69) is 63.3 Å². The van der Waals surface area contributed by atoms with Crippen molar-refractivity contribution in [1.82, 2.24) is 14.8 Å².